The van der Waals surface area contributed by atoms with Crippen molar-refractivity contribution < 1.29 is 14.3 Å². The van der Waals surface area contributed by atoms with Crippen molar-refractivity contribution in [1.29, 1.82) is 0 Å². The van der Waals surface area contributed by atoms with Crippen LogP contribution in [0.3, 0.4) is 0 Å². The Labute approximate surface area is 139 Å². The van der Waals surface area contributed by atoms with Crippen molar-refractivity contribution in [2.24, 2.45) is 0 Å². The Hall–Kier alpha value is -2.18. The van der Waals surface area contributed by atoms with Gasteiger partial charge in [-0.15, -0.1) is 11.3 Å². The van der Waals surface area contributed by atoms with E-state index in [1.807, 2.05) is 36.6 Å². The van der Waals surface area contributed by atoms with Gasteiger partial charge in [0.1, 0.15) is 0 Å². The lowest BCUT2D eigenvalue weighted by molar-refractivity contribution is -0.136. The van der Waals surface area contributed by atoms with Gasteiger partial charge in [0.15, 0.2) is 0 Å². The van der Waals surface area contributed by atoms with Gasteiger partial charge in [-0.1, -0.05) is 31.2 Å². The van der Waals surface area contributed by atoms with E-state index in [1.165, 1.54) is 4.88 Å². The lowest BCUT2D eigenvalue weighted by Gasteiger charge is -2.12. The van der Waals surface area contributed by atoms with E-state index in [-0.39, 0.29) is 5.92 Å². The molecule has 0 bridgehead atoms. The second-order valence-corrected chi connectivity index (χ2v) is 6.15. The summed E-state index contributed by atoms with van der Waals surface area (Å²) in [5, 5.41) is 7.29. The van der Waals surface area contributed by atoms with Gasteiger partial charge in [0, 0.05) is 35.7 Å². The third-order valence-electron chi connectivity index (χ3n) is 3.37. The van der Waals surface area contributed by atoms with Gasteiger partial charge in [-0.25, -0.2) is 0 Å². The first kappa shape index (κ1) is 17.2. The average Bonchev–Trinajstić information content (AvgIpc) is 3.09. The number of carbonyl (C=O) groups excluding carboxylic acids is 2. The lowest BCUT2D eigenvalue weighted by atomic mass is 10.1. The third kappa shape index (κ3) is 4.91. The Balaban J connectivity index is 1.89. The highest BCUT2D eigenvalue weighted by Crippen LogP contribution is 2.19. The predicted octanol–water partition coefficient (Wildman–Crippen LogP) is 2.75. The topological polar surface area (TPSA) is 67.4 Å². The molecule has 1 aromatic carbocycles. The number of benzene rings is 1. The molecule has 1 heterocycles. The van der Waals surface area contributed by atoms with Gasteiger partial charge in [-0.2, -0.15) is 0 Å². The quantitative estimate of drug-likeness (QED) is 0.799. The first-order valence-electron chi connectivity index (χ1n) is 7.31. The molecular weight excluding hydrogens is 312 g/mol. The number of anilines is 1. The summed E-state index contributed by atoms with van der Waals surface area (Å²) in [6.45, 7) is 2.80. The molecule has 0 aliphatic rings. The van der Waals surface area contributed by atoms with Gasteiger partial charge >= 0.3 is 11.8 Å². The zero-order chi connectivity index (χ0) is 16.7. The summed E-state index contributed by atoms with van der Waals surface area (Å²) in [6.07, 6.45) is 0. The maximum atomic E-state index is 12.0. The number of hydrogen-bond donors (Lipinski definition) is 2. The minimum atomic E-state index is -0.674. The third-order valence-corrected chi connectivity index (χ3v) is 4.47. The Morgan fingerprint density at radius 1 is 1.17 bits per heavy atom. The van der Waals surface area contributed by atoms with Crippen molar-refractivity contribution in [2.75, 3.05) is 19.0 Å². The summed E-state index contributed by atoms with van der Waals surface area (Å²) in [4.78, 5) is 25.1. The van der Waals surface area contributed by atoms with Crippen molar-refractivity contribution in [2.45, 2.75) is 19.4 Å². The molecule has 6 heteroatoms. The molecule has 2 amide bonds. The molecule has 0 saturated heterocycles. The first-order chi connectivity index (χ1) is 11.1. The van der Waals surface area contributed by atoms with Gasteiger partial charge in [0.25, 0.3) is 0 Å². The van der Waals surface area contributed by atoms with Gasteiger partial charge in [0.05, 0.1) is 6.61 Å². The molecule has 1 aromatic heterocycles. The van der Waals surface area contributed by atoms with Gasteiger partial charge in [0.2, 0.25) is 0 Å². The fourth-order valence-corrected chi connectivity index (χ4v) is 2.89. The highest BCUT2D eigenvalue weighted by Gasteiger charge is 2.16. The number of nitrogens with one attached hydrogen (secondary N) is 2. The summed E-state index contributed by atoms with van der Waals surface area (Å²) in [5.74, 6) is -1.14. The number of thiophene rings is 1. The highest BCUT2D eigenvalue weighted by molar-refractivity contribution is 7.10. The monoisotopic (exact) mass is 332 g/mol. The molecule has 0 fully saturated rings. The van der Waals surface area contributed by atoms with Crippen LogP contribution in [0, 0.1) is 0 Å². The molecule has 0 unspecified atom stereocenters. The summed E-state index contributed by atoms with van der Waals surface area (Å²) < 4.78 is 5.08. The molecule has 2 rings (SSSR count). The zero-order valence-electron chi connectivity index (χ0n) is 13.2. The summed E-state index contributed by atoms with van der Waals surface area (Å²) >= 11 is 1.64. The standard InChI is InChI=1S/C17H20N2O3S/c1-12(15-8-5-9-23-15)10-18-16(20)17(21)19-14-7-4-3-6-13(14)11-22-2/h3-9,12H,10-11H2,1-2H3,(H,18,20)(H,19,21)/t12-/m1/s1. The van der Waals surface area contributed by atoms with E-state index in [4.69, 9.17) is 4.74 Å². The SMILES string of the molecule is COCc1ccccc1NC(=O)C(=O)NC[C@@H](C)c1cccs1. The number of para-hydroxylation sites is 1. The number of methoxy groups -OCH3 is 1. The van der Waals surface area contributed by atoms with Crippen LogP contribution in [0.15, 0.2) is 41.8 Å². The predicted molar refractivity (Wildman–Crippen MR) is 91.5 cm³/mol. The molecular formula is C17H20N2O3S. The van der Waals surface area contributed by atoms with E-state index in [0.717, 1.165) is 5.56 Å². The van der Waals surface area contributed by atoms with Crippen molar-refractivity contribution in [3.63, 3.8) is 0 Å². The number of rotatable bonds is 6. The second-order valence-electron chi connectivity index (χ2n) is 5.17. The maximum absolute atomic E-state index is 12.0. The van der Waals surface area contributed by atoms with E-state index < -0.39 is 11.8 Å². The smallest absolute Gasteiger partial charge is 0.313 e. The number of amides is 2. The van der Waals surface area contributed by atoms with Crippen LogP contribution >= 0.6 is 11.3 Å². The van der Waals surface area contributed by atoms with Crippen LogP contribution in [0.1, 0.15) is 23.3 Å². The van der Waals surface area contributed by atoms with Crippen molar-refractivity contribution in [3.8, 4) is 0 Å². The lowest BCUT2D eigenvalue weighted by Crippen LogP contribution is -2.37. The van der Waals surface area contributed by atoms with Gasteiger partial charge in [-0.05, 0) is 17.5 Å². The normalized spacial score (nSPS) is 11.7. The van der Waals surface area contributed by atoms with E-state index in [2.05, 4.69) is 10.6 Å². The van der Waals surface area contributed by atoms with Crippen LogP contribution in [0.2, 0.25) is 0 Å². The molecule has 0 aliphatic carbocycles. The molecule has 2 aromatic rings. The largest absolute Gasteiger partial charge is 0.380 e. The van der Waals surface area contributed by atoms with Crippen molar-refractivity contribution in [3.05, 3.63) is 52.2 Å². The molecule has 2 N–H and O–H groups in total. The minimum absolute atomic E-state index is 0.174. The number of carbonyl (C=O) groups is 2. The second kappa shape index (κ2) is 8.45. The average molecular weight is 332 g/mol. The molecule has 0 radical (unpaired) electrons. The fraction of sp³-hybridized carbons (Fsp3) is 0.294. The maximum Gasteiger partial charge on any atom is 0.313 e. The van der Waals surface area contributed by atoms with Crippen LogP contribution in [-0.2, 0) is 20.9 Å². The fourth-order valence-electron chi connectivity index (χ4n) is 2.10. The molecule has 0 aliphatic heterocycles. The molecule has 5 nitrogen and oxygen atoms in total. The molecule has 122 valence electrons. The zero-order valence-corrected chi connectivity index (χ0v) is 14.0. The van der Waals surface area contributed by atoms with E-state index in [9.17, 15) is 9.59 Å². The Kier molecular flexibility index (Phi) is 6.31. The first-order valence-corrected chi connectivity index (χ1v) is 8.19. The van der Waals surface area contributed by atoms with E-state index in [0.29, 0.717) is 18.8 Å². The summed E-state index contributed by atoms with van der Waals surface area (Å²) in [5.41, 5.74) is 1.41. The Bertz CT molecular complexity index is 656. The van der Waals surface area contributed by atoms with Crippen LogP contribution in [0.25, 0.3) is 0 Å². The van der Waals surface area contributed by atoms with Crippen LogP contribution < -0.4 is 10.6 Å². The number of hydrogen-bond acceptors (Lipinski definition) is 4. The number of ether oxygens (including phenoxy) is 1. The minimum Gasteiger partial charge on any atom is -0.380 e. The Morgan fingerprint density at radius 2 is 1.96 bits per heavy atom. The van der Waals surface area contributed by atoms with Gasteiger partial charge < -0.3 is 15.4 Å². The van der Waals surface area contributed by atoms with E-state index in [1.54, 1.807) is 30.6 Å². The summed E-state index contributed by atoms with van der Waals surface area (Å²) in [6, 6.07) is 11.2. The van der Waals surface area contributed by atoms with Crippen LogP contribution in [-0.4, -0.2) is 25.5 Å². The van der Waals surface area contributed by atoms with Gasteiger partial charge in [-0.3, -0.25) is 9.59 Å². The molecule has 23 heavy (non-hydrogen) atoms. The van der Waals surface area contributed by atoms with Crippen LogP contribution in [0.5, 0.6) is 0 Å². The van der Waals surface area contributed by atoms with Crippen molar-refractivity contribution >= 4 is 28.8 Å². The molecule has 0 saturated carbocycles. The molecule has 1 atom stereocenters. The highest BCUT2D eigenvalue weighted by atomic mass is 32.1. The summed E-state index contributed by atoms with van der Waals surface area (Å²) in [7, 11) is 1.58. The van der Waals surface area contributed by atoms with Crippen LogP contribution in [0.4, 0.5) is 5.69 Å². The molecule has 0 spiro atoms. The Morgan fingerprint density at radius 3 is 2.65 bits per heavy atom. The van der Waals surface area contributed by atoms with E-state index >= 15 is 0 Å². The van der Waals surface area contributed by atoms with Crippen molar-refractivity contribution in [1.82, 2.24) is 5.32 Å².